The van der Waals surface area contributed by atoms with E-state index in [1.807, 2.05) is 12.1 Å². The van der Waals surface area contributed by atoms with E-state index in [1.54, 1.807) is 0 Å². The molecule has 3 heteroatoms. The molecule has 1 N–H and O–H groups in total. The van der Waals surface area contributed by atoms with E-state index in [-0.39, 0.29) is 0 Å². The predicted molar refractivity (Wildman–Crippen MR) is 73.5 cm³/mol. The molecular weight excluding hydrogens is 313 g/mol. The summed E-state index contributed by atoms with van der Waals surface area (Å²) in [5.41, 5.74) is 1.13. The molecule has 0 spiro atoms. The smallest absolute Gasteiger partial charge is 0.138 e. The Morgan fingerprint density at radius 1 is 1.38 bits per heavy atom. The van der Waals surface area contributed by atoms with Gasteiger partial charge in [-0.05, 0) is 59.7 Å². The Kier molecular flexibility index (Phi) is 4.35. The van der Waals surface area contributed by atoms with Crippen molar-refractivity contribution in [3.05, 3.63) is 33.4 Å². The van der Waals surface area contributed by atoms with Crippen LogP contribution in [-0.2, 0) is 11.2 Å². The Labute approximate surface area is 110 Å². The minimum absolute atomic E-state index is 0.348. The summed E-state index contributed by atoms with van der Waals surface area (Å²) in [5.74, 6) is 0.348. The van der Waals surface area contributed by atoms with Crippen molar-refractivity contribution in [2.45, 2.75) is 31.7 Å². The van der Waals surface area contributed by atoms with Gasteiger partial charge in [0.1, 0.15) is 5.78 Å². The number of rotatable bonds is 4. The first-order valence-electron chi connectivity index (χ1n) is 5.73. The maximum Gasteiger partial charge on any atom is 0.138 e. The number of carbonyl (C=O) groups is 1. The average molecular weight is 329 g/mol. The zero-order valence-corrected chi connectivity index (χ0v) is 11.4. The van der Waals surface area contributed by atoms with E-state index in [2.05, 4.69) is 40.0 Å². The lowest BCUT2D eigenvalue weighted by Crippen LogP contribution is -2.25. The van der Waals surface area contributed by atoms with Crippen molar-refractivity contribution >= 4 is 28.4 Å². The number of carbonyl (C=O) groups excluding carboxylic acids is 1. The molecule has 1 fully saturated rings. The van der Waals surface area contributed by atoms with E-state index < -0.39 is 0 Å². The minimum atomic E-state index is 0.348. The number of hydrogen-bond acceptors (Lipinski definition) is 2. The quantitative estimate of drug-likeness (QED) is 0.860. The summed E-state index contributed by atoms with van der Waals surface area (Å²) in [6.07, 6.45) is 3.63. The molecule has 0 bridgehead atoms. The molecule has 2 rings (SSSR count). The number of hydrogen-bond donors (Lipinski definition) is 1. The number of Topliss-reactive ketones (excluding diaryl/α,β-unsaturated/α-hetero) is 1. The maximum absolute atomic E-state index is 11.8. The first kappa shape index (κ1) is 12.0. The van der Waals surface area contributed by atoms with E-state index >= 15 is 0 Å². The van der Waals surface area contributed by atoms with Crippen molar-refractivity contribution in [2.75, 3.05) is 6.54 Å². The third-order valence-corrected chi connectivity index (χ3v) is 3.67. The zero-order valence-electron chi connectivity index (χ0n) is 9.21. The van der Waals surface area contributed by atoms with Crippen molar-refractivity contribution in [2.24, 2.45) is 0 Å². The fraction of sp³-hybridized carbons (Fsp3) is 0.462. The second-order valence-corrected chi connectivity index (χ2v) is 5.58. The van der Waals surface area contributed by atoms with Crippen LogP contribution in [0, 0.1) is 3.57 Å². The van der Waals surface area contributed by atoms with Crippen LogP contribution in [0.2, 0.25) is 0 Å². The van der Waals surface area contributed by atoms with E-state index in [4.69, 9.17) is 0 Å². The summed E-state index contributed by atoms with van der Waals surface area (Å²) in [7, 11) is 0. The van der Waals surface area contributed by atoms with Crippen molar-refractivity contribution in [3.63, 3.8) is 0 Å². The summed E-state index contributed by atoms with van der Waals surface area (Å²) < 4.78 is 1.21. The van der Waals surface area contributed by atoms with Crippen LogP contribution in [0.5, 0.6) is 0 Å². The molecule has 0 aliphatic carbocycles. The Hall–Kier alpha value is -0.420. The van der Waals surface area contributed by atoms with E-state index in [0.717, 1.165) is 18.5 Å². The summed E-state index contributed by atoms with van der Waals surface area (Å²) in [6, 6.07) is 8.62. The molecule has 1 saturated heterocycles. The number of benzene rings is 1. The summed E-state index contributed by atoms with van der Waals surface area (Å²) in [5, 5.41) is 3.36. The van der Waals surface area contributed by atoms with Crippen LogP contribution in [0.25, 0.3) is 0 Å². The molecule has 1 aromatic rings. The molecule has 1 atom stereocenters. The van der Waals surface area contributed by atoms with Gasteiger partial charge < -0.3 is 5.32 Å². The first-order chi connectivity index (χ1) is 7.74. The monoisotopic (exact) mass is 329 g/mol. The molecule has 0 aromatic heterocycles. The van der Waals surface area contributed by atoms with Gasteiger partial charge in [0.25, 0.3) is 0 Å². The first-order valence-corrected chi connectivity index (χ1v) is 6.81. The van der Waals surface area contributed by atoms with Crippen molar-refractivity contribution < 1.29 is 4.79 Å². The van der Waals surface area contributed by atoms with Gasteiger partial charge >= 0.3 is 0 Å². The topological polar surface area (TPSA) is 29.1 Å². The highest BCUT2D eigenvalue weighted by Crippen LogP contribution is 2.12. The van der Waals surface area contributed by atoms with E-state index in [9.17, 15) is 4.79 Å². The van der Waals surface area contributed by atoms with Gasteiger partial charge in [0.15, 0.2) is 0 Å². The molecule has 1 heterocycles. The third-order valence-electron chi connectivity index (χ3n) is 2.95. The summed E-state index contributed by atoms with van der Waals surface area (Å²) >= 11 is 2.28. The lowest BCUT2D eigenvalue weighted by molar-refractivity contribution is -0.118. The molecular formula is C13H16INO. The van der Waals surface area contributed by atoms with Gasteiger partial charge in [0, 0.05) is 22.5 Å². The largest absolute Gasteiger partial charge is 0.314 e. The van der Waals surface area contributed by atoms with Crippen LogP contribution >= 0.6 is 22.6 Å². The van der Waals surface area contributed by atoms with Gasteiger partial charge in [-0.2, -0.15) is 0 Å². The van der Waals surface area contributed by atoms with Gasteiger partial charge in [-0.1, -0.05) is 12.1 Å². The summed E-state index contributed by atoms with van der Waals surface area (Å²) in [4.78, 5) is 11.8. The Balaban J connectivity index is 1.84. The highest BCUT2D eigenvalue weighted by Gasteiger charge is 2.17. The number of ketones is 1. The van der Waals surface area contributed by atoms with Gasteiger partial charge in [-0.25, -0.2) is 0 Å². The van der Waals surface area contributed by atoms with Gasteiger partial charge in [-0.15, -0.1) is 0 Å². The molecule has 16 heavy (non-hydrogen) atoms. The Morgan fingerprint density at radius 3 is 2.75 bits per heavy atom. The fourth-order valence-corrected chi connectivity index (χ4v) is 2.47. The third kappa shape index (κ3) is 3.56. The highest BCUT2D eigenvalue weighted by molar-refractivity contribution is 14.1. The minimum Gasteiger partial charge on any atom is -0.314 e. The molecule has 0 radical (unpaired) electrons. The Bertz CT molecular complexity index is 355. The Morgan fingerprint density at radius 2 is 2.12 bits per heavy atom. The second kappa shape index (κ2) is 5.77. The standard InChI is InChI=1S/C13H16INO/c14-11-5-3-10(4-6-11)8-13(16)9-12-2-1-7-15-12/h3-6,12,15H,1-2,7-9H2. The molecule has 1 unspecified atom stereocenters. The molecule has 1 aromatic carbocycles. The molecule has 1 aliphatic rings. The lowest BCUT2D eigenvalue weighted by atomic mass is 10.0. The van der Waals surface area contributed by atoms with Crippen molar-refractivity contribution in [1.82, 2.24) is 5.32 Å². The zero-order chi connectivity index (χ0) is 11.4. The van der Waals surface area contributed by atoms with E-state index in [0.29, 0.717) is 24.7 Å². The van der Waals surface area contributed by atoms with Crippen LogP contribution < -0.4 is 5.32 Å². The molecule has 0 amide bonds. The number of halogens is 1. The van der Waals surface area contributed by atoms with Crippen LogP contribution in [0.15, 0.2) is 24.3 Å². The maximum atomic E-state index is 11.8. The van der Waals surface area contributed by atoms with Crippen molar-refractivity contribution in [1.29, 1.82) is 0 Å². The second-order valence-electron chi connectivity index (χ2n) is 4.34. The molecule has 0 saturated carbocycles. The highest BCUT2D eigenvalue weighted by atomic mass is 127. The van der Waals surface area contributed by atoms with E-state index in [1.165, 1.54) is 9.99 Å². The predicted octanol–water partition coefficient (Wildman–Crippen LogP) is 2.54. The van der Waals surface area contributed by atoms with Crippen LogP contribution in [-0.4, -0.2) is 18.4 Å². The van der Waals surface area contributed by atoms with Crippen LogP contribution in [0.1, 0.15) is 24.8 Å². The molecule has 1 aliphatic heterocycles. The fourth-order valence-electron chi connectivity index (χ4n) is 2.11. The van der Waals surface area contributed by atoms with Crippen molar-refractivity contribution in [3.8, 4) is 0 Å². The summed E-state index contributed by atoms with van der Waals surface area (Å²) in [6.45, 7) is 1.07. The molecule has 86 valence electrons. The SMILES string of the molecule is O=C(Cc1ccc(I)cc1)CC1CCCN1. The lowest BCUT2D eigenvalue weighted by Gasteiger charge is -2.08. The average Bonchev–Trinajstić information content (AvgIpc) is 2.74. The van der Waals surface area contributed by atoms with Gasteiger partial charge in [-0.3, -0.25) is 4.79 Å². The normalized spacial score (nSPS) is 19.9. The van der Waals surface area contributed by atoms with Crippen LogP contribution in [0.4, 0.5) is 0 Å². The van der Waals surface area contributed by atoms with Gasteiger partial charge in [0.05, 0.1) is 0 Å². The van der Waals surface area contributed by atoms with Crippen LogP contribution in [0.3, 0.4) is 0 Å². The number of nitrogens with one attached hydrogen (secondary N) is 1. The molecule has 2 nitrogen and oxygen atoms in total. The van der Waals surface area contributed by atoms with Gasteiger partial charge in [0.2, 0.25) is 0 Å².